The molecule has 0 fully saturated rings. The molecule has 188 valence electrons. The zero-order valence-electron chi connectivity index (χ0n) is 19.0. The molecule has 0 bridgehead atoms. The van der Waals surface area contributed by atoms with Crippen molar-refractivity contribution in [3.05, 3.63) is 72.9 Å². The first-order valence-corrected chi connectivity index (χ1v) is 15.6. The number of hydrogen-bond acceptors (Lipinski definition) is 8. The van der Waals surface area contributed by atoms with Gasteiger partial charge in [-0.1, -0.05) is 0 Å². The molecule has 0 spiro atoms. The predicted octanol–water partition coefficient (Wildman–Crippen LogP) is 3.48. The standard InChI is InChI=1S/C8H10N2O2.C7H8N2O2.C6H6N2O2.I2/c1-10-5-7(9-6-10)3-4-8(11)12-2;1-11-7(10)3-2-6-4-8-5-9-6;9-6(10)2-1-5-3-7-4-8-5;1-2/h3-6H,1-2H3;2-5H,1H3,(H,8,9);1-4H,(H,7,8)(H,9,10);/b4-3+;3-2+;;. The van der Waals surface area contributed by atoms with Crippen molar-refractivity contribution in [1.82, 2.24) is 29.5 Å². The SMILES string of the molecule is COC(=O)/C=C/c1cn(C)cn1.COC(=O)/C=C/c1cnc[nH]1.II.O=C(O)C=Cc1cnc[nH]1. The fraction of sp³-hybridized carbons (Fsp3) is 0.143. The van der Waals surface area contributed by atoms with Crippen molar-refractivity contribution < 1.29 is 29.0 Å². The third-order valence-corrected chi connectivity index (χ3v) is 3.36. The Morgan fingerprint density at radius 2 is 1.40 bits per heavy atom. The molecule has 3 N–H and O–H groups in total. The number of nitrogens with one attached hydrogen (secondary N) is 2. The van der Waals surface area contributed by atoms with Gasteiger partial charge in [-0.05, 0) is 18.2 Å². The summed E-state index contributed by atoms with van der Waals surface area (Å²) in [5, 5.41) is 8.19. The Morgan fingerprint density at radius 1 is 0.914 bits per heavy atom. The van der Waals surface area contributed by atoms with E-state index in [1.807, 2.05) is 7.05 Å². The van der Waals surface area contributed by atoms with Crippen molar-refractivity contribution in [2.24, 2.45) is 7.05 Å². The summed E-state index contributed by atoms with van der Waals surface area (Å²) in [4.78, 5) is 48.2. The summed E-state index contributed by atoms with van der Waals surface area (Å²) in [6, 6.07) is 0. The maximum absolute atomic E-state index is 10.6. The smallest absolute Gasteiger partial charge is 0.330 e. The van der Waals surface area contributed by atoms with Gasteiger partial charge in [0.05, 0.1) is 62.7 Å². The Morgan fingerprint density at radius 3 is 1.77 bits per heavy atom. The number of aryl methyl sites for hydroxylation is 1. The second kappa shape index (κ2) is 20.1. The number of carbonyl (C=O) groups is 3. The fourth-order valence-corrected chi connectivity index (χ4v) is 1.84. The van der Waals surface area contributed by atoms with Gasteiger partial charge in [-0.15, -0.1) is 0 Å². The highest BCUT2D eigenvalue weighted by Gasteiger charge is 1.93. The number of carbonyl (C=O) groups excluding carboxylic acids is 2. The van der Waals surface area contributed by atoms with Gasteiger partial charge in [-0.3, -0.25) is 0 Å². The number of rotatable bonds is 6. The lowest BCUT2D eigenvalue weighted by molar-refractivity contribution is -0.135. The van der Waals surface area contributed by atoms with Gasteiger partial charge < -0.3 is 29.1 Å². The lowest BCUT2D eigenvalue weighted by Crippen LogP contribution is -1.93. The van der Waals surface area contributed by atoms with Crippen molar-refractivity contribution >= 4 is 73.4 Å². The molecule has 0 atom stereocenters. The Hall–Kier alpha value is -3.28. The van der Waals surface area contributed by atoms with Crippen LogP contribution in [0, 0.1) is 0 Å². The van der Waals surface area contributed by atoms with E-state index in [0.29, 0.717) is 5.69 Å². The minimum Gasteiger partial charge on any atom is -0.478 e. The molecular formula is C21H24I2N6O6. The van der Waals surface area contributed by atoms with Gasteiger partial charge >= 0.3 is 17.9 Å². The molecule has 3 aromatic rings. The molecule has 3 heterocycles. The molecule has 14 heteroatoms. The van der Waals surface area contributed by atoms with Crippen LogP contribution in [0.4, 0.5) is 0 Å². The van der Waals surface area contributed by atoms with Crippen LogP contribution in [-0.2, 0) is 30.9 Å². The summed E-state index contributed by atoms with van der Waals surface area (Å²) in [5.41, 5.74) is 2.20. The lowest BCUT2D eigenvalue weighted by Gasteiger charge is -1.87. The number of aliphatic carboxylic acids is 1. The number of H-pyrrole nitrogens is 2. The molecule has 0 saturated heterocycles. The van der Waals surface area contributed by atoms with E-state index < -0.39 is 5.97 Å². The summed E-state index contributed by atoms with van der Waals surface area (Å²) in [5.74, 6) is -1.71. The number of aromatic amines is 2. The van der Waals surface area contributed by atoms with Crippen molar-refractivity contribution in [2.75, 3.05) is 14.2 Å². The Kier molecular flexibility index (Phi) is 18.2. The predicted molar refractivity (Wildman–Crippen MR) is 147 cm³/mol. The first-order chi connectivity index (χ1) is 16.8. The minimum absolute atomic E-state index is 0.374. The summed E-state index contributed by atoms with van der Waals surface area (Å²) >= 11 is 4.24. The van der Waals surface area contributed by atoms with Crippen LogP contribution >= 0.6 is 37.2 Å². The molecule has 12 nitrogen and oxygen atoms in total. The third kappa shape index (κ3) is 16.9. The van der Waals surface area contributed by atoms with E-state index >= 15 is 0 Å². The molecule has 0 radical (unpaired) electrons. The average molecular weight is 710 g/mol. The topological polar surface area (TPSA) is 165 Å². The van der Waals surface area contributed by atoms with Gasteiger partial charge in [0.25, 0.3) is 0 Å². The number of imidazole rings is 3. The van der Waals surface area contributed by atoms with Crippen LogP contribution in [0.2, 0.25) is 0 Å². The zero-order valence-corrected chi connectivity index (χ0v) is 23.3. The Bertz CT molecular complexity index is 1080. The summed E-state index contributed by atoms with van der Waals surface area (Å²) in [6.45, 7) is 0. The number of carboxylic acid groups (broad SMARTS) is 1. The van der Waals surface area contributed by atoms with Gasteiger partial charge in [-0.2, -0.15) is 0 Å². The third-order valence-electron chi connectivity index (χ3n) is 3.36. The lowest BCUT2D eigenvalue weighted by atomic mass is 10.4. The van der Waals surface area contributed by atoms with Crippen LogP contribution in [0.1, 0.15) is 17.1 Å². The number of ether oxygens (including phenoxy) is 2. The Balaban J connectivity index is 0.000000480. The van der Waals surface area contributed by atoms with Crippen molar-refractivity contribution in [1.29, 1.82) is 0 Å². The van der Waals surface area contributed by atoms with E-state index in [2.05, 4.69) is 71.6 Å². The van der Waals surface area contributed by atoms with Crippen LogP contribution in [0.3, 0.4) is 0 Å². The van der Waals surface area contributed by atoms with Gasteiger partial charge in [0, 0.05) is 68.7 Å². The van der Waals surface area contributed by atoms with Crippen LogP contribution in [0.15, 0.2) is 55.8 Å². The summed E-state index contributed by atoms with van der Waals surface area (Å²) in [7, 11) is 4.53. The summed E-state index contributed by atoms with van der Waals surface area (Å²) in [6.07, 6.45) is 18.0. The van der Waals surface area contributed by atoms with E-state index in [4.69, 9.17) is 5.11 Å². The average Bonchev–Trinajstić information content (AvgIpc) is 3.65. The second-order valence-electron chi connectivity index (χ2n) is 5.86. The van der Waals surface area contributed by atoms with Crippen LogP contribution in [0.25, 0.3) is 18.2 Å². The monoisotopic (exact) mass is 710 g/mol. The highest BCUT2D eigenvalue weighted by atomic mass is 128. The highest BCUT2D eigenvalue weighted by molar-refractivity contribution is 15.0. The van der Waals surface area contributed by atoms with Gasteiger partial charge in [0.2, 0.25) is 0 Å². The maximum atomic E-state index is 10.6. The van der Waals surface area contributed by atoms with Crippen LogP contribution in [-0.4, -0.2) is 66.7 Å². The number of carboxylic acids is 1. The molecule has 0 aromatic carbocycles. The molecule has 0 aliphatic carbocycles. The van der Waals surface area contributed by atoms with Gasteiger partial charge in [0.15, 0.2) is 0 Å². The number of halogens is 2. The number of nitrogens with zero attached hydrogens (tertiary/aromatic N) is 4. The first kappa shape index (κ1) is 31.7. The van der Waals surface area contributed by atoms with Gasteiger partial charge in [-0.25, -0.2) is 29.3 Å². The maximum Gasteiger partial charge on any atom is 0.330 e. The zero-order chi connectivity index (χ0) is 26.5. The van der Waals surface area contributed by atoms with Crippen LogP contribution in [0.5, 0.6) is 0 Å². The van der Waals surface area contributed by atoms with E-state index in [1.165, 1.54) is 45.1 Å². The highest BCUT2D eigenvalue weighted by Crippen LogP contribution is 1.97. The minimum atomic E-state index is -0.963. The van der Waals surface area contributed by atoms with E-state index in [9.17, 15) is 14.4 Å². The second-order valence-corrected chi connectivity index (χ2v) is 5.86. The molecule has 0 aliphatic rings. The molecule has 35 heavy (non-hydrogen) atoms. The van der Waals surface area contributed by atoms with Crippen molar-refractivity contribution in [2.45, 2.75) is 0 Å². The number of aromatic nitrogens is 6. The van der Waals surface area contributed by atoms with E-state index in [1.54, 1.807) is 41.6 Å². The summed E-state index contributed by atoms with van der Waals surface area (Å²) < 4.78 is 10.6. The van der Waals surface area contributed by atoms with Crippen LogP contribution < -0.4 is 0 Å². The molecule has 0 amide bonds. The van der Waals surface area contributed by atoms with Crippen molar-refractivity contribution in [3.63, 3.8) is 0 Å². The molecule has 0 unspecified atom stereocenters. The quantitative estimate of drug-likeness (QED) is 0.197. The van der Waals surface area contributed by atoms with E-state index in [0.717, 1.165) is 17.5 Å². The number of esters is 2. The normalized spacial score (nSPS) is 9.97. The molecule has 3 rings (SSSR count). The molecular weight excluding hydrogens is 686 g/mol. The molecule has 0 saturated carbocycles. The van der Waals surface area contributed by atoms with Gasteiger partial charge in [0.1, 0.15) is 0 Å². The molecule has 0 aliphatic heterocycles. The van der Waals surface area contributed by atoms with E-state index in [-0.39, 0.29) is 11.9 Å². The fourth-order valence-electron chi connectivity index (χ4n) is 1.84. The largest absolute Gasteiger partial charge is 0.478 e. The molecule has 3 aromatic heterocycles. The van der Waals surface area contributed by atoms with Crippen molar-refractivity contribution in [3.8, 4) is 0 Å². The number of hydrogen-bond donors (Lipinski definition) is 3. The first-order valence-electron chi connectivity index (χ1n) is 9.36. The number of methoxy groups -OCH3 is 2. The Labute approximate surface area is 224 Å².